The molecule has 1 aromatic heterocycles. The van der Waals surface area contributed by atoms with Gasteiger partial charge in [0.1, 0.15) is 0 Å². The number of rotatable bonds is 0. The topological polar surface area (TPSA) is 24.9 Å². The van der Waals surface area contributed by atoms with Crippen LogP contribution >= 0.6 is 11.8 Å². The van der Waals surface area contributed by atoms with E-state index in [1.807, 2.05) is 30.2 Å². The van der Waals surface area contributed by atoms with Gasteiger partial charge in [-0.2, -0.15) is 0 Å². The van der Waals surface area contributed by atoms with Crippen molar-refractivity contribution in [1.82, 2.24) is 4.98 Å². The quantitative estimate of drug-likeness (QED) is 0.611. The molecule has 0 saturated heterocycles. The van der Waals surface area contributed by atoms with E-state index in [1.54, 1.807) is 0 Å². The summed E-state index contributed by atoms with van der Waals surface area (Å²) in [5, 5.41) is 3.28. The van der Waals surface area contributed by atoms with Gasteiger partial charge in [-0.25, -0.2) is 0 Å². The molecule has 0 spiro atoms. The van der Waals surface area contributed by atoms with Crippen LogP contribution in [0.5, 0.6) is 0 Å². The molecule has 2 rings (SSSR count). The molecule has 10 heavy (non-hydrogen) atoms. The van der Waals surface area contributed by atoms with Crippen molar-refractivity contribution in [2.75, 3.05) is 17.6 Å². The first-order valence-corrected chi connectivity index (χ1v) is 4.26. The molecule has 0 unspecified atom stereocenters. The summed E-state index contributed by atoms with van der Waals surface area (Å²) in [4.78, 5) is 5.34. The van der Waals surface area contributed by atoms with Crippen molar-refractivity contribution in [2.24, 2.45) is 0 Å². The number of nitrogens with zero attached hydrogens (tertiary/aromatic N) is 1. The van der Waals surface area contributed by atoms with Crippen molar-refractivity contribution < 1.29 is 0 Å². The molecule has 1 N–H and O–H groups in total. The average molecular weight is 152 g/mol. The van der Waals surface area contributed by atoms with Crippen LogP contribution < -0.4 is 5.32 Å². The first kappa shape index (κ1) is 6.04. The minimum atomic E-state index is 1.06. The van der Waals surface area contributed by atoms with Crippen LogP contribution in [0.4, 0.5) is 5.69 Å². The van der Waals surface area contributed by atoms with Crippen LogP contribution in [0.3, 0.4) is 0 Å². The van der Waals surface area contributed by atoms with Crippen molar-refractivity contribution in [1.29, 1.82) is 0 Å². The molecular weight excluding hydrogens is 144 g/mol. The molecule has 0 fully saturated rings. The van der Waals surface area contributed by atoms with E-state index >= 15 is 0 Å². The molecule has 0 aromatic carbocycles. The van der Waals surface area contributed by atoms with E-state index in [-0.39, 0.29) is 0 Å². The molecule has 2 heterocycles. The predicted octanol–water partition coefficient (Wildman–Crippen LogP) is 1.60. The first-order chi connectivity index (χ1) is 4.97. The van der Waals surface area contributed by atoms with E-state index in [0.29, 0.717) is 0 Å². The summed E-state index contributed by atoms with van der Waals surface area (Å²) in [6, 6.07) is 2.05. The van der Waals surface area contributed by atoms with Gasteiger partial charge in [-0.15, -0.1) is 11.8 Å². The van der Waals surface area contributed by atoms with Gasteiger partial charge in [0.25, 0.3) is 0 Å². The SMILES string of the molecule is c1cc2c(cn1)NCCS2. The van der Waals surface area contributed by atoms with Gasteiger partial charge in [0.2, 0.25) is 0 Å². The summed E-state index contributed by atoms with van der Waals surface area (Å²) in [7, 11) is 0. The summed E-state index contributed by atoms with van der Waals surface area (Å²) < 4.78 is 0. The monoisotopic (exact) mass is 152 g/mol. The molecule has 52 valence electrons. The van der Waals surface area contributed by atoms with Crippen LogP contribution in [0.2, 0.25) is 0 Å². The van der Waals surface area contributed by atoms with Crippen LogP contribution in [-0.2, 0) is 0 Å². The van der Waals surface area contributed by atoms with Gasteiger partial charge >= 0.3 is 0 Å². The highest BCUT2D eigenvalue weighted by Crippen LogP contribution is 2.28. The minimum Gasteiger partial charge on any atom is -0.382 e. The molecule has 0 atom stereocenters. The molecule has 1 aliphatic heterocycles. The molecule has 0 saturated carbocycles. The Bertz CT molecular complexity index is 212. The van der Waals surface area contributed by atoms with Crippen molar-refractivity contribution in [3.63, 3.8) is 0 Å². The second-order valence-corrected chi connectivity index (χ2v) is 3.28. The van der Waals surface area contributed by atoms with Crippen molar-refractivity contribution >= 4 is 17.4 Å². The molecular formula is C7H8N2S. The fourth-order valence-corrected chi connectivity index (χ4v) is 1.85. The lowest BCUT2D eigenvalue weighted by atomic mass is 10.4. The zero-order chi connectivity index (χ0) is 6.81. The van der Waals surface area contributed by atoms with Gasteiger partial charge in [0.15, 0.2) is 0 Å². The number of thioether (sulfide) groups is 1. The van der Waals surface area contributed by atoms with Crippen molar-refractivity contribution in [2.45, 2.75) is 4.90 Å². The lowest BCUT2D eigenvalue weighted by molar-refractivity contribution is 1.14. The number of aromatic nitrogens is 1. The normalized spacial score (nSPS) is 15.6. The Kier molecular flexibility index (Phi) is 1.51. The van der Waals surface area contributed by atoms with Crippen molar-refractivity contribution in [3.05, 3.63) is 18.5 Å². The third-order valence-electron chi connectivity index (χ3n) is 1.46. The van der Waals surface area contributed by atoms with E-state index in [9.17, 15) is 0 Å². The number of pyridine rings is 1. The van der Waals surface area contributed by atoms with Gasteiger partial charge in [0, 0.05) is 23.4 Å². The third kappa shape index (κ3) is 0.968. The Labute approximate surface area is 64.0 Å². The molecule has 2 nitrogen and oxygen atoms in total. The Morgan fingerprint density at radius 2 is 2.60 bits per heavy atom. The maximum atomic E-state index is 4.02. The highest BCUT2D eigenvalue weighted by Gasteiger charge is 2.06. The number of fused-ring (bicyclic) bond motifs is 1. The maximum absolute atomic E-state index is 4.02. The first-order valence-electron chi connectivity index (χ1n) is 3.27. The second kappa shape index (κ2) is 2.50. The van der Waals surface area contributed by atoms with E-state index in [2.05, 4.69) is 10.3 Å². The number of hydrogen-bond donors (Lipinski definition) is 1. The number of anilines is 1. The minimum absolute atomic E-state index is 1.06. The van der Waals surface area contributed by atoms with Crippen LogP contribution in [0.1, 0.15) is 0 Å². The summed E-state index contributed by atoms with van der Waals surface area (Å²) >= 11 is 1.89. The molecule has 1 aliphatic rings. The zero-order valence-corrected chi connectivity index (χ0v) is 6.32. The van der Waals surface area contributed by atoms with Crippen LogP contribution in [0, 0.1) is 0 Å². The lowest BCUT2D eigenvalue weighted by Gasteiger charge is -2.15. The lowest BCUT2D eigenvalue weighted by Crippen LogP contribution is -2.09. The average Bonchev–Trinajstić information content (AvgIpc) is 2.05. The van der Waals surface area contributed by atoms with E-state index in [4.69, 9.17) is 0 Å². The van der Waals surface area contributed by atoms with Crippen LogP contribution in [0.15, 0.2) is 23.4 Å². The van der Waals surface area contributed by atoms with Gasteiger partial charge in [-0.05, 0) is 6.07 Å². The zero-order valence-electron chi connectivity index (χ0n) is 5.50. The van der Waals surface area contributed by atoms with E-state index in [0.717, 1.165) is 12.3 Å². The van der Waals surface area contributed by atoms with Crippen LogP contribution in [-0.4, -0.2) is 17.3 Å². The van der Waals surface area contributed by atoms with Gasteiger partial charge in [0.05, 0.1) is 11.9 Å². The summed E-state index contributed by atoms with van der Waals surface area (Å²) in [6.07, 6.45) is 3.71. The van der Waals surface area contributed by atoms with E-state index in [1.165, 1.54) is 10.6 Å². The fraction of sp³-hybridized carbons (Fsp3) is 0.286. The van der Waals surface area contributed by atoms with Gasteiger partial charge in [-0.3, -0.25) is 4.98 Å². The highest BCUT2D eigenvalue weighted by molar-refractivity contribution is 7.99. The molecule has 0 amide bonds. The maximum Gasteiger partial charge on any atom is 0.0665 e. The highest BCUT2D eigenvalue weighted by atomic mass is 32.2. The largest absolute Gasteiger partial charge is 0.382 e. The van der Waals surface area contributed by atoms with Crippen LogP contribution in [0.25, 0.3) is 0 Å². The molecule has 0 aliphatic carbocycles. The Hall–Kier alpha value is -0.700. The number of nitrogens with one attached hydrogen (secondary N) is 1. The summed E-state index contributed by atoms with van der Waals surface area (Å²) in [5.74, 6) is 1.16. The third-order valence-corrected chi connectivity index (χ3v) is 2.53. The summed E-state index contributed by atoms with van der Waals surface area (Å²) in [5.41, 5.74) is 1.18. The van der Waals surface area contributed by atoms with Crippen molar-refractivity contribution in [3.8, 4) is 0 Å². The number of hydrogen-bond acceptors (Lipinski definition) is 3. The molecule has 1 aromatic rings. The Balaban J connectivity index is 2.41. The van der Waals surface area contributed by atoms with Gasteiger partial charge in [-0.1, -0.05) is 0 Å². The molecule has 3 heteroatoms. The van der Waals surface area contributed by atoms with Gasteiger partial charge < -0.3 is 5.32 Å². The smallest absolute Gasteiger partial charge is 0.0665 e. The second-order valence-electron chi connectivity index (χ2n) is 2.15. The standard InChI is InChI=1S/C7H8N2S/c1-2-8-5-6-7(1)10-4-3-9-6/h1-2,5,9H,3-4H2. The Morgan fingerprint density at radius 3 is 3.50 bits per heavy atom. The molecule has 0 bridgehead atoms. The van der Waals surface area contributed by atoms with E-state index < -0.39 is 0 Å². The fourth-order valence-electron chi connectivity index (χ4n) is 0.987. The predicted molar refractivity (Wildman–Crippen MR) is 43.5 cm³/mol. The summed E-state index contributed by atoms with van der Waals surface area (Å²) in [6.45, 7) is 1.06. The molecule has 0 radical (unpaired) electrons. The Morgan fingerprint density at radius 1 is 1.60 bits per heavy atom.